The van der Waals surface area contributed by atoms with Crippen molar-refractivity contribution in [3.63, 3.8) is 0 Å². The average molecular weight is 439 g/mol. The van der Waals surface area contributed by atoms with Gasteiger partial charge in [-0.3, -0.25) is 9.69 Å². The quantitative estimate of drug-likeness (QED) is 0.327. The molecule has 1 heterocycles. The van der Waals surface area contributed by atoms with E-state index in [4.69, 9.17) is 4.74 Å². The first-order chi connectivity index (χ1) is 15.4. The first-order valence-corrected chi connectivity index (χ1v) is 12.6. The molecular formula is C28H42N2O2. The third kappa shape index (κ3) is 5.46. The molecular weight excluding hydrogens is 396 g/mol. The van der Waals surface area contributed by atoms with E-state index in [-0.39, 0.29) is 5.97 Å². The molecule has 0 spiro atoms. The fourth-order valence-electron chi connectivity index (χ4n) is 5.11. The Morgan fingerprint density at radius 1 is 1.19 bits per heavy atom. The number of hydrogen-bond acceptors (Lipinski definition) is 4. The summed E-state index contributed by atoms with van der Waals surface area (Å²) in [4.78, 5) is 14.4. The van der Waals surface area contributed by atoms with Gasteiger partial charge < -0.3 is 10.1 Å². The fourth-order valence-corrected chi connectivity index (χ4v) is 5.11. The number of esters is 1. The second kappa shape index (κ2) is 11.2. The highest BCUT2D eigenvalue weighted by molar-refractivity contribution is 5.74. The summed E-state index contributed by atoms with van der Waals surface area (Å²) < 4.78 is 5.69. The van der Waals surface area contributed by atoms with Crippen molar-refractivity contribution < 1.29 is 9.53 Å². The molecule has 1 aromatic carbocycles. The van der Waals surface area contributed by atoms with Gasteiger partial charge in [0.1, 0.15) is 0 Å². The van der Waals surface area contributed by atoms with Gasteiger partial charge in [-0.1, -0.05) is 45.3 Å². The number of nitrogens with zero attached hydrogens (tertiary/aromatic N) is 1. The Morgan fingerprint density at radius 2 is 1.94 bits per heavy atom. The fraction of sp³-hybridized carbons (Fsp3) is 0.607. The van der Waals surface area contributed by atoms with Crippen molar-refractivity contribution in [3.8, 4) is 5.75 Å². The van der Waals surface area contributed by atoms with Crippen LogP contribution in [0, 0.1) is 0 Å². The summed E-state index contributed by atoms with van der Waals surface area (Å²) in [6.45, 7) is 11.6. The predicted octanol–water partition coefficient (Wildman–Crippen LogP) is 7.19. The highest BCUT2D eigenvalue weighted by atomic mass is 16.5. The van der Waals surface area contributed by atoms with Crippen LogP contribution in [0.5, 0.6) is 5.75 Å². The number of carbonyl (C=O) groups excluding carboxylic acids is 1. The summed E-state index contributed by atoms with van der Waals surface area (Å²) in [6.07, 6.45) is 9.11. The molecule has 1 aliphatic carbocycles. The molecule has 1 N–H and O–H groups in total. The molecule has 4 nitrogen and oxygen atoms in total. The monoisotopic (exact) mass is 438 g/mol. The first kappa shape index (κ1) is 24.6. The van der Waals surface area contributed by atoms with Crippen molar-refractivity contribution >= 4 is 11.7 Å². The molecule has 0 amide bonds. The van der Waals surface area contributed by atoms with Gasteiger partial charge in [-0.05, 0) is 80.8 Å². The van der Waals surface area contributed by atoms with Crippen LogP contribution in [0.1, 0.15) is 97.5 Å². The van der Waals surface area contributed by atoms with E-state index >= 15 is 0 Å². The predicted molar refractivity (Wildman–Crippen MR) is 134 cm³/mol. The van der Waals surface area contributed by atoms with Gasteiger partial charge in [-0.2, -0.15) is 0 Å². The summed E-state index contributed by atoms with van der Waals surface area (Å²) in [7, 11) is 2.24. The summed E-state index contributed by atoms with van der Waals surface area (Å²) in [6, 6.07) is 6.82. The molecule has 0 radical (unpaired) electrons. The number of carbonyl (C=O) groups is 1. The summed E-state index contributed by atoms with van der Waals surface area (Å²) in [5, 5.41) is 3.75. The van der Waals surface area contributed by atoms with Crippen LogP contribution >= 0.6 is 0 Å². The normalized spacial score (nSPS) is 20.6. The van der Waals surface area contributed by atoms with E-state index < -0.39 is 0 Å². The van der Waals surface area contributed by atoms with Gasteiger partial charge in [0.15, 0.2) is 5.75 Å². The van der Waals surface area contributed by atoms with Gasteiger partial charge >= 0.3 is 5.97 Å². The molecule has 3 rings (SSSR count). The lowest BCUT2D eigenvalue weighted by atomic mass is 9.80. The maximum absolute atomic E-state index is 11.9. The van der Waals surface area contributed by atoms with Crippen LogP contribution in [0.15, 0.2) is 40.6 Å². The second-order valence-electron chi connectivity index (χ2n) is 9.51. The van der Waals surface area contributed by atoms with Crippen LogP contribution in [0.2, 0.25) is 0 Å². The lowest BCUT2D eigenvalue weighted by molar-refractivity contribution is -0.131. The summed E-state index contributed by atoms with van der Waals surface area (Å²) >= 11 is 0. The molecule has 32 heavy (non-hydrogen) atoms. The first-order valence-electron chi connectivity index (χ1n) is 12.6. The Balaban J connectivity index is 2.07. The van der Waals surface area contributed by atoms with Crippen molar-refractivity contribution in [2.24, 2.45) is 0 Å². The Labute approximate surface area is 195 Å². The van der Waals surface area contributed by atoms with Crippen LogP contribution in [0.3, 0.4) is 0 Å². The zero-order chi connectivity index (χ0) is 23.3. The van der Waals surface area contributed by atoms with Crippen LogP contribution < -0.4 is 10.1 Å². The molecule has 2 aliphatic rings. The van der Waals surface area contributed by atoms with Gasteiger partial charge in [-0.15, -0.1) is 0 Å². The van der Waals surface area contributed by atoms with Crippen LogP contribution in [-0.2, 0) is 4.79 Å². The number of nitrogens with one attached hydrogen (secondary N) is 1. The Bertz CT molecular complexity index is 879. The van der Waals surface area contributed by atoms with Gasteiger partial charge in [-0.25, -0.2) is 0 Å². The second-order valence-corrected chi connectivity index (χ2v) is 9.51. The maximum atomic E-state index is 11.9. The molecule has 1 atom stereocenters. The van der Waals surface area contributed by atoms with E-state index in [1.807, 2.05) is 0 Å². The number of likely N-dealkylation sites (N-methyl/N-ethyl adjacent to an activating group) is 1. The molecule has 4 heteroatoms. The number of benzene rings is 1. The summed E-state index contributed by atoms with van der Waals surface area (Å²) in [5.41, 5.74) is 7.93. The standard InChI is InChI=1S/C28H42N2O2/c1-7-11-23(19(4)8-2)28-25(16-17-30(6)26(28)9-3)29-24-15-14-22(21-12-10-13-21)18-27(24)32-20(5)31/h14-15,18,21,26,29H,7-13,16-17H2,1-6H3. The third-order valence-corrected chi connectivity index (χ3v) is 7.28. The third-order valence-electron chi connectivity index (χ3n) is 7.28. The molecule has 1 saturated carbocycles. The number of allylic oxidation sites excluding steroid dienone is 1. The zero-order valence-electron chi connectivity index (χ0n) is 21.0. The van der Waals surface area contributed by atoms with Gasteiger partial charge in [0.25, 0.3) is 0 Å². The lowest BCUT2D eigenvalue weighted by Crippen LogP contribution is -2.40. The van der Waals surface area contributed by atoms with Crippen molar-refractivity contribution in [2.75, 3.05) is 18.9 Å². The van der Waals surface area contributed by atoms with Gasteiger partial charge in [0.05, 0.1) is 5.69 Å². The lowest BCUT2D eigenvalue weighted by Gasteiger charge is -2.38. The van der Waals surface area contributed by atoms with Crippen LogP contribution in [-0.4, -0.2) is 30.5 Å². The minimum absolute atomic E-state index is 0.267. The average Bonchev–Trinajstić information content (AvgIpc) is 2.72. The molecule has 0 saturated heterocycles. The van der Waals surface area contributed by atoms with Gasteiger partial charge in [0, 0.05) is 31.6 Å². The summed E-state index contributed by atoms with van der Waals surface area (Å²) in [5.74, 6) is 0.998. The molecule has 0 aromatic heterocycles. The van der Waals surface area contributed by atoms with Crippen LogP contribution in [0.4, 0.5) is 5.69 Å². The molecule has 176 valence electrons. The zero-order valence-corrected chi connectivity index (χ0v) is 21.0. The SMILES string of the molecule is CCCC(=C(C)CC)C1=C(Nc2ccc(C3CCC3)cc2OC(C)=O)CCN(C)C1CC. The van der Waals surface area contributed by atoms with Crippen molar-refractivity contribution in [3.05, 3.63) is 46.2 Å². The van der Waals surface area contributed by atoms with E-state index in [0.29, 0.717) is 17.7 Å². The van der Waals surface area contributed by atoms with Crippen molar-refractivity contribution in [1.82, 2.24) is 4.90 Å². The number of ether oxygens (including phenoxy) is 1. The van der Waals surface area contributed by atoms with E-state index in [1.165, 1.54) is 54.2 Å². The highest BCUT2D eigenvalue weighted by Gasteiger charge is 2.29. The minimum atomic E-state index is -0.267. The Kier molecular flexibility index (Phi) is 8.58. The van der Waals surface area contributed by atoms with Gasteiger partial charge in [0.2, 0.25) is 0 Å². The van der Waals surface area contributed by atoms with Crippen molar-refractivity contribution in [2.45, 2.75) is 97.9 Å². The van der Waals surface area contributed by atoms with E-state index in [0.717, 1.165) is 44.3 Å². The topological polar surface area (TPSA) is 41.6 Å². The largest absolute Gasteiger partial charge is 0.424 e. The number of rotatable bonds is 9. The molecule has 1 fully saturated rings. The molecule has 1 aliphatic heterocycles. The number of anilines is 1. The maximum Gasteiger partial charge on any atom is 0.308 e. The molecule has 1 aromatic rings. The highest BCUT2D eigenvalue weighted by Crippen LogP contribution is 2.41. The number of hydrogen-bond donors (Lipinski definition) is 1. The molecule has 0 bridgehead atoms. The Morgan fingerprint density at radius 3 is 2.50 bits per heavy atom. The molecule has 1 unspecified atom stereocenters. The smallest absolute Gasteiger partial charge is 0.308 e. The van der Waals surface area contributed by atoms with E-state index in [2.05, 4.69) is 63.2 Å². The van der Waals surface area contributed by atoms with Crippen molar-refractivity contribution in [1.29, 1.82) is 0 Å². The van der Waals surface area contributed by atoms with E-state index in [9.17, 15) is 4.79 Å². The Hall–Kier alpha value is -2.07. The van der Waals surface area contributed by atoms with E-state index in [1.54, 1.807) is 0 Å². The van der Waals surface area contributed by atoms with Crippen LogP contribution in [0.25, 0.3) is 0 Å². The minimum Gasteiger partial charge on any atom is -0.424 e.